The number of oxazole rings is 1. The number of fused-ring (bicyclic) bond motifs is 1. The number of likely N-dealkylation sites (tertiary alicyclic amines) is 1. The van der Waals surface area contributed by atoms with Crippen molar-refractivity contribution in [3.63, 3.8) is 0 Å². The molecule has 2 fully saturated rings. The number of Topliss-reactive ketones (excluding diaryl/α,β-unsaturated/α-hetero) is 1. The van der Waals surface area contributed by atoms with Crippen LogP contribution in [0.4, 0.5) is 4.79 Å². The molecule has 5 rings (SSSR count). The number of hydrogen-bond acceptors (Lipinski definition) is 5. The Bertz CT molecular complexity index is 1240. The lowest BCUT2D eigenvalue weighted by atomic mass is 9.56. The van der Waals surface area contributed by atoms with E-state index in [-0.39, 0.29) is 23.9 Å². The second kappa shape index (κ2) is 7.81. The van der Waals surface area contributed by atoms with Crippen LogP contribution >= 0.6 is 11.6 Å². The highest BCUT2D eigenvalue weighted by atomic mass is 35.5. The van der Waals surface area contributed by atoms with Crippen LogP contribution in [0.25, 0.3) is 11.1 Å². The number of H-pyrrole nitrogens is 1. The molecule has 3 aromatic rings. The molecule has 0 atom stereocenters. The smallest absolute Gasteiger partial charge is 0.417 e. The van der Waals surface area contributed by atoms with Crippen molar-refractivity contribution in [2.75, 3.05) is 13.1 Å². The summed E-state index contributed by atoms with van der Waals surface area (Å²) in [5.74, 6) is -0.173. The predicted octanol–water partition coefficient (Wildman–Crippen LogP) is 4.70. The summed E-state index contributed by atoms with van der Waals surface area (Å²) in [6, 6.07) is 10.6. The van der Waals surface area contributed by atoms with Crippen LogP contribution < -0.4 is 5.76 Å². The number of rotatable bonds is 5. The van der Waals surface area contributed by atoms with Crippen molar-refractivity contribution in [2.45, 2.75) is 32.8 Å². The van der Waals surface area contributed by atoms with Crippen LogP contribution in [0.2, 0.25) is 5.02 Å². The second-order valence-corrected chi connectivity index (χ2v) is 9.61. The first-order chi connectivity index (χ1) is 15.3. The lowest BCUT2D eigenvalue weighted by Gasteiger charge is -2.58. The number of ether oxygens (including phenoxy) is 1. The SMILES string of the molecule is Cc1cc(Cl)cc(COC(=O)N2CC3(CC(CC(=O)c4ccc5[nH]c(=O)oc5c4)C3)C2)c1. The zero-order valence-corrected chi connectivity index (χ0v) is 18.4. The summed E-state index contributed by atoms with van der Waals surface area (Å²) >= 11 is 6.05. The molecule has 32 heavy (non-hydrogen) atoms. The first-order valence-electron chi connectivity index (χ1n) is 10.6. The zero-order chi connectivity index (χ0) is 22.5. The number of halogens is 1. The number of aromatic nitrogens is 1. The van der Waals surface area contributed by atoms with Gasteiger partial charge in [-0.3, -0.25) is 9.78 Å². The van der Waals surface area contributed by atoms with Gasteiger partial charge in [0.1, 0.15) is 6.61 Å². The standard InChI is InChI=1S/C24H23ClN2O5/c1-14-4-15(6-18(25)5-14)11-31-23(30)27-12-24(13-27)9-16(10-24)7-20(28)17-2-3-19-21(8-17)32-22(29)26-19/h2-6,8,16H,7,9-13H2,1H3,(H,26,29). The van der Waals surface area contributed by atoms with Crippen molar-refractivity contribution in [3.8, 4) is 0 Å². The highest BCUT2D eigenvalue weighted by molar-refractivity contribution is 6.30. The third kappa shape index (κ3) is 4.05. The maximum atomic E-state index is 12.6. The molecule has 1 amide bonds. The van der Waals surface area contributed by atoms with Crippen LogP contribution in [0.15, 0.2) is 45.6 Å². The average molecular weight is 455 g/mol. The summed E-state index contributed by atoms with van der Waals surface area (Å²) in [6.45, 7) is 3.49. The minimum atomic E-state index is -0.527. The summed E-state index contributed by atoms with van der Waals surface area (Å²) in [6.07, 6.45) is 2.00. The third-order valence-electron chi connectivity index (χ3n) is 6.44. The van der Waals surface area contributed by atoms with Gasteiger partial charge in [-0.05, 0) is 67.1 Å². The Labute approximate surface area is 189 Å². The number of benzene rings is 2. The molecule has 0 unspecified atom stereocenters. The van der Waals surface area contributed by atoms with E-state index in [2.05, 4.69) is 4.98 Å². The van der Waals surface area contributed by atoms with E-state index in [0.717, 1.165) is 24.0 Å². The summed E-state index contributed by atoms with van der Waals surface area (Å²) < 4.78 is 10.5. The molecular weight excluding hydrogens is 432 g/mol. The minimum absolute atomic E-state index is 0.0444. The number of carbonyl (C=O) groups excluding carboxylic acids is 2. The van der Waals surface area contributed by atoms with Gasteiger partial charge in [0.05, 0.1) is 5.52 Å². The van der Waals surface area contributed by atoms with Gasteiger partial charge in [0, 0.05) is 35.5 Å². The molecule has 2 aliphatic rings. The Morgan fingerprint density at radius 3 is 2.75 bits per heavy atom. The fraction of sp³-hybridized carbons (Fsp3) is 0.375. The van der Waals surface area contributed by atoms with Crippen LogP contribution in [0.3, 0.4) is 0 Å². The van der Waals surface area contributed by atoms with Crippen molar-refractivity contribution in [3.05, 3.63) is 68.7 Å². The molecule has 7 nitrogen and oxygen atoms in total. The summed E-state index contributed by atoms with van der Waals surface area (Å²) in [5, 5.41) is 0.631. The van der Waals surface area contributed by atoms with Crippen molar-refractivity contribution in [1.29, 1.82) is 0 Å². The van der Waals surface area contributed by atoms with E-state index in [1.54, 1.807) is 29.2 Å². The number of carbonyl (C=O) groups is 2. The summed E-state index contributed by atoms with van der Waals surface area (Å²) in [7, 11) is 0. The molecule has 166 valence electrons. The highest BCUT2D eigenvalue weighted by Crippen LogP contribution is 2.53. The highest BCUT2D eigenvalue weighted by Gasteiger charge is 2.54. The first kappa shape index (κ1) is 20.8. The lowest BCUT2D eigenvalue weighted by Crippen LogP contribution is -2.63. The first-order valence-corrected chi connectivity index (χ1v) is 11.0. The minimum Gasteiger partial charge on any atom is -0.445 e. The van der Waals surface area contributed by atoms with E-state index in [9.17, 15) is 14.4 Å². The van der Waals surface area contributed by atoms with Crippen molar-refractivity contribution in [2.24, 2.45) is 11.3 Å². The zero-order valence-electron chi connectivity index (χ0n) is 17.7. The van der Waals surface area contributed by atoms with Crippen LogP contribution in [-0.4, -0.2) is 34.8 Å². The number of nitrogens with zero attached hydrogens (tertiary/aromatic N) is 1. The molecule has 1 aliphatic heterocycles. The Morgan fingerprint density at radius 1 is 1.22 bits per heavy atom. The fourth-order valence-corrected chi connectivity index (χ4v) is 5.40. The van der Waals surface area contributed by atoms with Crippen LogP contribution in [-0.2, 0) is 11.3 Å². The van der Waals surface area contributed by atoms with Gasteiger partial charge in [0.2, 0.25) is 0 Å². The molecule has 1 N–H and O–H groups in total. The lowest BCUT2D eigenvalue weighted by molar-refractivity contribution is -0.0850. The average Bonchev–Trinajstić information content (AvgIpc) is 3.05. The summed E-state index contributed by atoms with van der Waals surface area (Å²) in [5.41, 5.74) is 3.55. The maximum absolute atomic E-state index is 12.6. The number of amides is 1. The van der Waals surface area contributed by atoms with E-state index in [0.29, 0.717) is 47.1 Å². The molecule has 0 bridgehead atoms. The number of aromatic amines is 1. The number of hydrogen-bond donors (Lipinski definition) is 1. The quantitative estimate of drug-likeness (QED) is 0.564. The van der Waals surface area contributed by atoms with Gasteiger partial charge >= 0.3 is 11.8 Å². The molecule has 1 saturated carbocycles. The molecule has 1 spiro atoms. The monoisotopic (exact) mass is 454 g/mol. The van der Waals surface area contributed by atoms with E-state index >= 15 is 0 Å². The number of nitrogens with one attached hydrogen (secondary N) is 1. The van der Waals surface area contributed by atoms with Gasteiger partial charge in [-0.1, -0.05) is 17.7 Å². The molecule has 1 saturated heterocycles. The second-order valence-electron chi connectivity index (χ2n) is 9.17. The molecule has 0 radical (unpaired) electrons. The van der Waals surface area contributed by atoms with E-state index < -0.39 is 5.76 Å². The Hall–Kier alpha value is -3.06. The predicted molar refractivity (Wildman–Crippen MR) is 119 cm³/mol. The molecule has 2 heterocycles. The number of aryl methyl sites for hydroxylation is 1. The van der Waals surface area contributed by atoms with E-state index in [4.69, 9.17) is 20.8 Å². The van der Waals surface area contributed by atoms with Crippen LogP contribution in [0.1, 0.15) is 40.7 Å². The summed E-state index contributed by atoms with van der Waals surface area (Å²) in [4.78, 5) is 40.5. The van der Waals surface area contributed by atoms with E-state index in [1.807, 2.05) is 19.1 Å². The molecule has 1 aliphatic carbocycles. The van der Waals surface area contributed by atoms with Crippen molar-refractivity contribution in [1.82, 2.24) is 9.88 Å². The van der Waals surface area contributed by atoms with E-state index in [1.165, 1.54) is 0 Å². The molecule has 2 aromatic carbocycles. The Balaban J connectivity index is 1.08. The fourth-order valence-electron chi connectivity index (χ4n) is 5.09. The van der Waals surface area contributed by atoms with Crippen molar-refractivity contribution < 1.29 is 18.7 Å². The maximum Gasteiger partial charge on any atom is 0.417 e. The van der Waals surface area contributed by atoms with Gasteiger partial charge < -0.3 is 14.1 Å². The van der Waals surface area contributed by atoms with Gasteiger partial charge in [-0.2, -0.15) is 0 Å². The van der Waals surface area contributed by atoms with Crippen molar-refractivity contribution >= 4 is 34.6 Å². The van der Waals surface area contributed by atoms with Gasteiger partial charge in [-0.15, -0.1) is 0 Å². The normalized spacial score (nSPS) is 17.2. The molecular formula is C24H23ClN2O5. The largest absolute Gasteiger partial charge is 0.445 e. The Kier molecular flexibility index (Phi) is 5.08. The number of ketones is 1. The van der Waals surface area contributed by atoms with Gasteiger partial charge in [0.15, 0.2) is 11.4 Å². The topological polar surface area (TPSA) is 92.6 Å². The van der Waals surface area contributed by atoms with Crippen LogP contribution in [0, 0.1) is 18.3 Å². The van der Waals surface area contributed by atoms with Gasteiger partial charge in [0.25, 0.3) is 0 Å². The molecule has 8 heteroatoms. The third-order valence-corrected chi connectivity index (χ3v) is 6.65. The molecule has 1 aromatic heterocycles. The Morgan fingerprint density at radius 2 is 2.00 bits per heavy atom. The van der Waals surface area contributed by atoms with Crippen LogP contribution in [0.5, 0.6) is 0 Å². The van der Waals surface area contributed by atoms with Gasteiger partial charge in [-0.25, -0.2) is 9.59 Å².